The first kappa shape index (κ1) is 16.2. The Labute approximate surface area is 117 Å². The molecule has 0 amide bonds. The molecule has 1 rings (SSSR count). The molecule has 112 valence electrons. The van der Waals surface area contributed by atoms with Crippen LogP contribution in [0.1, 0.15) is 31.4 Å². The normalized spacial score (nSPS) is 11.8. The van der Waals surface area contributed by atoms with Crippen LogP contribution in [-0.4, -0.2) is 26.8 Å². The van der Waals surface area contributed by atoms with E-state index in [9.17, 15) is 9.18 Å². The van der Waals surface area contributed by atoms with E-state index < -0.39 is 11.9 Å². The Morgan fingerprint density at radius 2 is 1.90 bits per heavy atom. The second kappa shape index (κ2) is 7.69. The van der Waals surface area contributed by atoms with E-state index in [2.05, 4.69) is 0 Å². The molecule has 2 N–H and O–H groups in total. The predicted octanol–water partition coefficient (Wildman–Crippen LogP) is 2.19. The van der Waals surface area contributed by atoms with Crippen LogP contribution in [0.25, 0.3) is 0 Å². The van der Waals surface area contributed by atoms with Gasteiger partial charge in [-0.15, -0.1) is 0 Å². The second-order valence-corrected chi connectivity index (χ2v) is 4.18. The van der Waals surface area contributed by atoms with Gasteiger partial charge in [0, 0.05) is 24.1 Å². The van der Waals surface area contributed by atoms with Crippen molar-refractivity contribution < 1.29 is 23.4 Å². The summed E-state index contributed by atoms with van der Waals surface area (Å²) in [6.45, 7) is 2.05. The molecule has 0 saturated heterocycles. The molecule has 0 aliphatic heterocycles. The summed E-state index contributed by atoms with van der Waals surface area (Å²) in [5.74, 6) is -0.135. The van der Waals surface area contributed by atoms with Gasteiger partial charge in [0.05, 0.1) is 20.8 Å². The molecule has 0 spiro atoms. The number of halogens is 1. The van der Waals surface area contributed by atoms with Gasteiger partial charge in [-0.2, -0.15) is 0 Å². The number of methoxy groups -OCH3 is 2. The van der Waals surface area contributed by atoms with Gasteiger partial charge in [0.1, 0.15) is 5.82 Å². The minimum Gasteiger partial charge on any atom is -0.493 e. The lowest BCUT2D eigenvalue weighted by Crippen LogP contribution is -2.15. The standard InChI is InChI=1S/C14H20FNO4/c1-4-20-14(17)6-5-11(16)9-7-12(18-2)13(19-3)8-10(9)15/h7-8,11H,4-6,16H2,1-3H3. The van der Waals surface area contributed by atoms with Crippen LogP contribution in [-0.2, 0) is 9.53 Å². The van der Waals surface area contributed by atoms with Gasteiger partial charge in [0.15, 0.2) is 11.5 Å². The predicted molar refractivity (Wildman–Crippen MR) is 72.3 cm³/mol. The highest BCUT2D eigenvalue weighted by atomic mass is 19.1. The molecule has 1 aromatic rings. The molecule has 0 bridgehead atoms. The highest BCUT2D eigenvalue weighted by Gasteiger charge is 2.17. The minimum absolute atomic E-state index is 0.142. The lowest BCUT2D eigenvalue weighted by Gasteiger charge is -2.15. The maximum absolute atomic E-state index is 13.9. The Balaban J connectivity index is 2.82. The Bertz CT molecular complexity index is 465. The van der Waals surface area contributed by atoms with Crippen LogP contribution >= 0.6 is 0 Å². The number of carbonyl (C=O) groups excluding carboxylic acids is 1. The number of hydrogen-bond acceptors (Lipinski definition) is 5. The summed E-state index contributed by atoms with van der Waals surface area (Å²) in [5.41, 5.74) is 6.20. The summed E-state index contributed by atoms with van der Waals surface area (Å²) in [5, 5.41) is 0. The van der Waals surface area contributed by atoms with Crippen LogP contribution in [0.4, 0.5) is 4.39 Å². The van der Waals surface area contributed by atoms with Crippen molar-refractivity contribution in [1.29, 1.82) is 0 Å². The van der Waals surface area contributed by atoms with Crippen molar-refractivity contribution in [3.63, 3.8) is 0 Å². The number of rotatable bonds is 7. The van der Waals surface area contributed by atoms with Crippen LogP contribution in [0.5, 0.6) is 11.5 Å². The molecule has 1 atom stereocenters. The van der Waals surface area contributed by atoms with E-state index in [-0.39, 0.29) is 18.0 Å². The fraction of sp³-hybridized carbons (Fsp3) is 0.500. The van der Waals surface area contributed by atoms with Crippen LogP contribution in [0, 0.1) is 5.82 Å². The van der Waals surface area contributed by atoms with Gasteiger partial charge < -0.3 is 19.9 Å². The molecule has 1 aromatic carbocycles. The van der Waals surface area contributed by atoms with Gasteiger partial charge in [0.2, 0.25) is 0 Å². The third-order valence-electron chi connectivity index (χ3n) is 2.87. The summed E-state index contributed by atoms with van der Waals surface area (Å²) in [7, 11) is 2.89. The minimum atomic E-state index is -0.612. The lowest BCUT2D eigenvalue weighted by molar-refractivity contribution is -0.143. The molecule has 20 heavy (non-hydrogen) atoms. The first-order chi connectivity index (χ1) is 9.53. The van der Waals surface area contributed by atoms with Crippen molar-refractivity contribution in [2.75, 3.05) is 20.8 Å². The summed E-state index contributed by atoms with van der Waals surface area (Å²) >= 11 is 0. The zero-order chi connectivity index (χ0) is 15.1. The quantitative estimate of drug-likeness (QED) is 0.778. The fourth-order valence-electron chi connectivity index (χ4n) is 1.82. The number of benzene rings is 1. The van der Waals surface area contributed by atoms with E-state index in [1.165, 1.54) is 26.4 Å². The molecule has 0 radical (unpaired) electrons. The molecule has 0 aliphatic rings. The Morgan fingerprint density at radius 3 is 2.45 bits per heavy atom. The molecular formula is C14H20FNO4. The first-order valence-corrected chi connectivity index (χ1v) is 6.36. The van der Waals surface area contributed by atoms with Crippen LogP contribution in [0.15, 0.2) is 12.1 Å². The third kappa shape index (κ3) is 4.09. The third-order valence-corrected chi connectivity index (χ3v) is 2.87. The number of esters is 1. The van der Waals surface area contributed by atoms with Gasteiger partial charge in [-0.1, -0.05) is 0 Å². The highest BCUT2D eigenvalue weighted by molar-refractivity contribution is 5.69. The molecule has 5 nitrogen and oxygen atoms in total. The fourth-order valence-corrected chi connectivity index (χ4v) is 1.82. The largest absolute Gasteiger partial charge is 0.493 e. The van der Waals surface area contributed by atoms with Crippen molar-refractivity contribution in [3.05, 3.63) is 23.5 Å². The van der Waals surface area contributed by atoms with E-state index in [4.69, 9.17) is 19.9 Å². The first-order valence-electron chi connectivity index (χ1n) is 6.36. The molecule has 0 saturated carbocycles. The summed E-state index contributed by atoms with van der Waals surface area (Å²) < 4.78 is 28.9. The van der Waals surface area contributed by atoms with Gasteiger partial charge in [-0.25, -0.2) is 4.39 Å². The van der Waals surface area contributed by atoms with Crippen LogP contribution in [0.2, 0.25) is 0 Å². The van der Waals surface area contributed by atoms with E-state index in [1.807, 2.05) is 0 Å². The Morgan fingerprint density at radius 1 is 1.30 bits per heavy atom. The molecule has 1 unspecified atom stereocenters. The number of carbonyl (C=O) groups is 1. The molecular weight excluding hydrogens is 265 g/mol. The van der Waals surface area contributed by atoms with Gasteiger partial charge >= 0.3 is 5.97 Å². The van der Waals surface area contributed by atoms with E-state index in [0.717, 1.165) is 0 Å². The van der Waals surface area contributed by atoms with Crippen molar-refractivity contribution in [3.8, 4) is 11.5 Å². The monoisotopic (exact) mass is 285 g/mol. The highest BCUT2D eigenvalue weighted by Crippen LogP contribution is 2.32. The maximum Gasteiger partial charge on any atom is 0.305 e. The molecule has 0 fully saturated rings. The van der Waals surface area contributed by atoms with Crippen molar-refractivity contribution in [2.45, 2.75) is 25.8 Å². The maximum atomic E-state index is 13.9. The Kier molecular flexibility index (Phi) is 6.24. The molecule has 6 heteroatoms. The van der Waals surface area contributed by atoms with Crippen molar-refractivity contribution in [1.82, 2.24) is 0 Å². The van der Waals surface area contributed by atoms with Gasteiger partial charge in [-0.05, 0) is 19.4 Å². The average Bonchev–Trinajstić information content (AvgIpc) is 2.44. The smallest absolute Gasteiger partial charge is 0.305 e. The zero-order valence-electron chi connectivity index (χ0n) is 11.9. The van der Waals surface area contributed by atoms with Crippen molar-refractivity contribution in [2.24, 2.45) is 5.73 Å². The molecule has 0 aliphatic carbocycles. The van der Waals surface area contributed by atoms with Crippen LogP contribution < -0.4 is 15.2 Å². The lowest BCUT2D eigenvalue weighted by atomic mass is 10.0. The van der Waals surface area contributed by atoms with E-state index in [1.54, 1.807) is 6.92 Å². The number of ether oxygens (including phenoxy) is 3. The Hall–Kier alpha value is -1.82. The topological polar surface area (TPSA) is 70.8 Å². The van der Waals surface area contributed by atoms with Gasteiger partial charge in [0.25, 0.3) is 0 Å². The molecule has 0 aromatic heterocycles. The summed E-state index contributed by atoms with van der Waals surface area (Å²) in [6.07, 6.45) is 0.439. The number of hydrogen-bond donors (Lipinski definition) is 1. The number of nitrogens with two attached hydrogens (primary N) is 1. The summed E-state index contributed by atoms with van der Waals surface area (Å²) in [6, 6.07) is 2.10. The van der Waals surface area contributed by atoms with Crippen LogP contribution in [0.3, 0.4) is 0 Å². The zero-order valence-corrected chi connectivity index (χ0v) is 11.9. The SMILES string of the molecule is CCOC(=O)CCC(N)c1cc(OC)c(OC)cc1F. The van der Waals surface area contributed by atoms with Crippen molar-refractivity contribution >= 4 is 5.97 Å². The second-order valence-electron chi connectivity index (χ2n) is 4.18. The average molecular weight is 285 g/mol. The van der Waals surface area contributed by atoms with Gasteiger partial charge in [-0.3, -0.25) is 4.79 Å². The van der Waals surface area contributed by atoms with E-state index in [0.29, 0.717) is 24.5 Å². The molecule has 0 heterocycles. The summed E-state index contributed by atoms with van der Waals surface area (Å²) in [4.78, 5) is 11.3. The van der Waals surface area contributed by atoms with E-state index >= 15 is 0 Å².